The molecular formula is C25H48N8O8. The number of nitrogens with two attached hydrogens (primary N) is 4. The number of carbonyl (C=O) groups excluding carboxylic acids is 4. The van der Waals surface area contributed by atoms with Gasteiger partial charge in [0.2, 0.25) is 23.6 Å². The molecule has 0 rings (SSSR count). The largest absolute Gasteiger partial charge is 0.481 e. The summed E-state index contributed by atoms with van der Waals surface area (Å²) in [5.41, 5.74) is 21.9. The molecule has 41 heavy (non-hydrogen) atoms. The number of hydrogen-bond acceptors (Lipinski definition) is 10. The highest BCUT2D eigenvalue weighted by Gasteiger charge is 2.31. The van der Waals surface area contributed by atoms with Crippen molar-refractivity contribution in [2.75, 3.05) is 26.2 Å². The summed E-state index contributed by atoms with van der Waals surface area (Å²) in [5, 5.41) is 28.6. The van der Waals surface area contributed by atoms with Crippen molar-refractivity contribution in [2.45, 2.75) is 94.8 Å². The van der Waals surface area contributed by atoms with Crippen molar-refractivity contribution >= 4 is 35.6 Å². The molecule has 0 aromatic rings. The Morgan fingerprint density at radius 2 is 0.878 bits per heavy atom. The Labute approximate surface area is 240 Å². The molecule has 0 aromatic carbocycles. The van der Waals surface area contributed by atoms with Gasteiger partial charge in [-0.2, -0.15) is 0 Å². The maximum absolute atomic E-state index is 13.3. The molecule has 0 aliphatic rings. The van der Waals surface area contributed by atoms with Gasteiger partial charge >= 0.3 is 11.9 Å². The van der Waals surface area contributed by atoms with Crippen LogP contribution in [0, 0.1) is 0 Å². The quantitative estimate of drug-likeness (QED) is 0.0512. The van der Waals surface area contributed by atoms with E-state index in [0.29, 0.717) is 58.2 Å². The van der Waals surface area contributed by atoms with Crippen molar-refractivity contribution in [3.8, 4) is 0 Å². The molecule has 0 aromatic heterocycles. The summed E-state index contributed by atoms with van der Waals surface area (Å²) < 4.78 is 0. The molecule has 16 heteroatoms. The van der Waals surface area contributed by atoms with Gasteiger partial charge in [0.1, 0.15) is 24.2 Å². The molecule has 0 radical (unpaired) electrons. The summed E-state index contributed by atoms with van der Waals surface area (Å²) in [5.74, 6) is -5.37. The van der Waals surface area contributed by atoms with E-state index in [1.165, 1.54) is 0 Å². The van der Waals surface area contributed by atoms with Crippen LogP contribution < -0.4 is 44.2 Å². The van der Waals surface area contributed by atoms with Crippen LogP contribution in [0.5, 0.6) is 0 Å². The molecule has 0 bridgehead atoms. The SMILES string of the molecule is NCCCCC(NC(=O)C(CCC(=O)O)NC(=O)C(CCCCN)NC(=O)C(CCCCN)NC(=O)CN)C(=O)O. The standard InChI is InChI=1S/C25H48N8O8/c26-12-4-1-7-16(30-20(34)15-29)22(37)31-17(8-2-5-13-27)23(38)32-18(10-11-21(35)36)24(39)33-19(25(40)41)9-3-6-14-28/h16-19H,1-15,26-29H2,(H,30,34)(H,31,37)(H,32,38)(H,33,39)(H,35,36)(H,40,41). The number of carboxylic acid groups (broad SMARTS) is 2. The Balaban J connectivity index is 5.79. The highest BCUT2D eigenvalue weighted by Crippen LogP contribution is 2.08. The molecule has 236 valence electrons. The summed E-state index contributed by atoms with van der Waals surface area (Å²) in [6.45, 7) is 0.726. The van der Waals surface area contributed by atoms with E-state index in [0.717, 1.165) is 0 Å². The molecule has 0 saturated carbocycles. The van der Waals surface area contributed by atoms with E-state index in [-0.39, 0.29) is 32.2 Å². The van der Waals surface area contributed by atoms with Gasteiger partial charge in [0.05, 0.1) is 6.54 Å². The number of carbonyl (C=O) groups is 6. The summed E-state index contributed by atoms with van der Waals surface area (Å²) in [7, 11) is 0. The fourth-order valence-corrected chi connectivity index (χ4v) is 3.88. The minimum atomic E-state index is -1.39. The van der Waals surface area contributed by atoms with Crippen LogP contribution in [0.15, 0.2) is 0 Å². The minimum Gasteiger partial charge on any atom is -0.481 e. The third kappa shape index (κ3) is 17.2. The van der Waals surface area contributed by atoms with E-state index in [1.807, 2.05) is 0 Å². The number of unbranched alkanes of at least 4 members (excludes halogenated alkanes) is 3. The number of aliphatic carboxylic acids is 2. The maximum atomic E-state index is 13.3. The molecule has 16 nitrogen and oxygen atoms in total. The Morgan fingerprint density at radius 1 is 0.512 bits per heavy atom. The number of hydrogen-bond donors (Lipinski definition) is 10. The Morgan fingerprint density at radius 3 is 1.24 bits per heavy atom. The summed E-state index contributed by atoms with van der Waals surface area (Å²) >= 11 is 0. The second kappa shape index (κ2) is 22.4. The van der Waals surface area contributed by atoms with E-state index in [2.05, 4.69) is 21.3 Å². The Kier molecular flexibility index (Phi) is 20.5. The summed E-state index contributed by atoms with van der Waals surface area (Å²) in [6, 6.07) is -4.79. The van der Waals surface area contributed by atoms with Gasteiger partial charge in [0.25, 0.3) is 0 Å². The molecule has 0 spiro atoms. The second-order valence-corrected chi connectivity index (χ2v) is 9.63. The van der Waals surface area contributed by atoms with E-state index in [1.54, 1.807) is 0 Å². The fraction of sp³-hybridized carbons (Fsp3) is 0.760. The topological polar surface area (TPSA) is 295 Å². The fourth-order valence-electron chi connectivity index (χ4n) is 3.88. The zero-order valence-electron chi connectivity index (χ0n) is 23.6. The van der Waals surface area contributed by atoms with Crippen molar-refractivity contribution in [3.05, 3.63) is 0 Å². The van der Waals surface area contributed by atoms with Crippen LogP contribution >= 0.6 is 0 Å². The van der Waals surface area contributed by atoms with E-state index in [4.69, 9.17) is 28.0 Å². The van der Waals surface area contributed by atoms with Crippen molar-refractivity contribution in [1.82, 2.24) is 21.3 Å². The first-order chi connectivity index (χ1) is 19.5. The molecule has 0 saturated heterocycles. The van der Waals surface area contributed by atoms with Gasteiger partial charge < -0.3 is 54.4 Å². The maximum Gasteiger partial charge on any atom is 0.326 e. The van der Waals surface area contributed by atoms with E-state index in [9.17, 15) is 33.9 Å². The van der Waals surface area contributed by atoms with Gasteiger partial charge in [-0.1, -0.05) is 0 Å². The Hall–Kier alpha value is -3.34. The minimum absolute atomic E-state index is 0.0930. The number of amides is 4. The molecule has 4 amide bonds. The second-order valence-electron chi connectivity index (χ2n) is 9.63. The van der Waals surface area contributed by atoms with E-state index >= 15 is 0 Å². The van der Waals surface area contributed by atoms with Gasteiger partial charge in [0.15, 0.2) is 0 Å². The average molecular weight is 589 g/mol. The van der Waals surface area contributed by atoms with Crippen molar-refractivity contribution in [3.63, 3.8) is 0 Å². The first kappa shape index (κ1) is 37.7. The predicted octanol–water partition coefficient (Wildman–Crippen LogP) is -2.78. The normalized spacial score (nSPS) is 13.8. The zero-order chi connectivity index (χ0) is 31.2. The zero-order valence-corrected chi connectivity index (χ0v) is 23.6. The lowest BCUT2D eigenvalue weighted by molar-refractivity contribution is -0.143. The van der Waals surface area contributed by atoms with Crippen LogP contribution in [-0.2, 0) is 28.8 Å². The monoisotopic (exact) mass is 588 g/mol. The highest BCUT2D eigenvalue weighted by atomic mass is 16.4. The molecule has 14 N–H and O–H groups in total. The summed E-state index contributed by atoms with van der Waals surface area (Å²) in [4.78, 5) is 74.1. The lowest BCUT2D eigenvalue weighted by Crippen LogP contribution is -2.58. The average Bonchev–Trinajstić information content (AvgIpc) is 2.93. The van der Waals surface area contributed by atoms with Gasteiger partial charge in [-0.3, -0.25) is 24.0 Å². The van der Waals surface area contributed by atoms with E-state index < -0.39 is 66.2 Å². The third-order valence-electron chi connectivity index (χ3n) is 6.21. The molecule has 0 heterocycles. The molecule has 0 fully saturated rings. The molecule has 0 aliphatic carbocycles. The lowest BCUT2D eigenvalue weighted by Gasteiger charge is -2.26. The van der Waals surface area contributed by atoms with Crippen molar-refractivity contribution in [2.24, 2.45) is 22.9 Å². The van der Waals surface area contributed by atoms with Crippen LogP contribution in [-0.4, -0.2) is 96.1 Å². The van der Waals surface area contributed by atoms with Crippen molar-refractivity contribution < 1.29 is 39.0 Å². The van der Waals surface area contributed by atoms with Crippen LogP contribution in [0.2, 0.25) is 0 Å². The van der Waals surface area contributed by atoms with Crippen LogP contribution in [0.25, 0.3) is 0 Å². The van der Waals surface area contributed by atoms with Gasteiger partial charge in [-0.05, 0) is 83.8 Å². The van der Waals surface area contributed by atoms with Crippen molar-refractivity contribution in [1.29, 1.82) is 0 Å². The first-order valence-electron chi connectivity index (χ1n) is 14.0. The lowest BCUT2D eigenvalue weighted by atomic mass is 10.0. The summed E-state index contributed by atoms with van der Waals surface area (Å²) in [6.07, 6.45) is 2.76. The number of nitrogens with one attached hydrogen (secondary N) is 4. The number of carboxylic acids is 2. The number of rotatable bonds is 24. The molecule has 4 unspecified atom stereocenters. The molecule has 4 atom stereocenters. The Bertz CT molecular complexity index is 844. The van der Waals surface area contributed by atoms with Crippen LogP contribution in [0.1, 0.15) is 70.6 Å². The van der Waals surface area contributed by atoms with Gasteiger partial charge in [0, 0.05) is 6.42 Å². The smallest absolute Gasteiger partial charge is 0.326 e. The van der Waals surface area contributed by atoms with Gasteiger partial charge in [-0.25, -0.2) is 4.79 Å². The first-order valence-corrected chi connectivity index (χ1v) is 14.0. The third-order valence-corrected chi connectivity index (χ3v) is 6.21. The molecule has 0 aliphatic heterocycles. The van der Waals surface area contributed by atoms with Crippen LogP contribution in [0.4, 0.5) is 0 Å². The van der Waals surface area contributed by atoms with Gasteiger partial charge in [-0.15, -0.1) is 0 Å². The molecular weight excluding hydrogens is 540 g/mol. The van der Waals surface area contributed by atoms with Crippen LogP contribution in [0.3, 0.4) is 0 Å². The predicted molar refractivity (Wildman–Crippen MR) is 150 cm³/mol. The highest BCUT2D eigenvalue weighted by molar-refractivity contribution is 5.95.